The summed E-state index contributed by atoms with van der Waals surface area (Å²) >= 11 is 1.60. The van der Waals surface area contributed by atoms with Crippen LogP contribution in [0, 0.1) is 5.82 Å². The lowest BCUT2D eigenvalue weighted by atomic mass is 10.3. The standard InChI is InChI=1S/C19H18FN3O3S2/c20-16-8-4-5-9-17(16)23-28(25,26)15-12-18(22-13-15)19(24)21-10-11-27-14-6-2-1-3-7-14/h1-9,12-13,22-23H,10-11H2,(H,21,24). The van der Waals surface area contributed by atoms with Crippen molar-refractivity contribution in [1.82, 2.24) is 10.3 Å². The van der Waals surface area contributed by atoms with E-state index in [1.54, 1.807) is 11.8 Å². The molecule has 0 atom stereocenters. The zero-order valence-corrected chi connectivity index (χ0v) is 16.3. The molecule has 0 aliphatic carbocycles. The second kappa shape index (κ2) is 8.94. The fourth-order valence-electron chi connectivity index (χ4n) is 2.35. The zero-order valence-electron chi connectivity index (χ0n) is 14.7. The van der Waals surface area contributed by atoms with Gasteiger partial charge in [-0.05, 0) is 30.3 Å². The molecule has 0 spiro atoms. The number of anilines is 1. The van der Waals surface area contributed by atoms with Gasteiger partial charge in [0, 0.05) is 23.4 Å². The van der Waals surface area contributed by atoms with E-state index in [1.165, 1.54) is 30.5 Å². The van der Waals surface area contributed by atoms with E-state index in [1.807, 2.05) is 30.3 Å². The highest BCUT2D eigenvalue weighted by molar-refractivity contribution is 7.99. The van der Waals surface area contributed by atoms with Crippen molar-refractivity contribution in [3.63, 3.8) is 0 Å². The number of aromatic amines is 1. The number of carbonyl (C=O) groups is 1. The molecule has 0 aliphatic heterocycles. The molecule has 6 nitrogen and oxygen atoms in total. The van der Waals surface area contributed by atoms with E-state index in [-0.39, 0.29) is 16.3 Å². The Morgan fingerprint density at radius 3 is 2.54 bits per heavy atom. The van der Waals surface area contributed by atoms with Crippen LogP contribution in [-0.2, 0) is 10.0 Å². The molecule has 0 bridgehead atoms. The van der Waals surface area contributed by atoms with Crippen LogP contribution in [0.3, 0.4) is 0 Å². The van der Waals surface area contributed by atoms with Gasteiger partial charge in [-0.1, -0.05) is 30.3 Å². The van der Waals surface area contributed by atoms with E-state index in [0.29, 0.717) is 12.3 Å². The molecule has 3 N–H and O–H groups in total. The van der Waals surface area contributed by atoms with Gasteiger partial charge in [0.15, 0.2) is 0 Å². The van der Waals surface area contributed by atoms with Crippen LogP contribution in [0.25, 0.3) is 0 Å². The van der Waals surface area contributed by atoms with Crippen LogP contribution in [-0.4, -0.2) is 31.6 Å². The third-order valence-electron chi connectivity index (χ3n) is 3.73. The van der Waals surface area contributed by atoms with Crippen LogP contribution < -0.4 is 10.0 Å². The maximum Gasteiger partial charge on any atom is 0.267 e. The molecule has 1 heterocycles. The first-order chi connectivity index (χ1) is 13.5. The number of halogens is 1. The highest BCUT2D eigenvalue weighted by atomic mass is 32.2. The van der Waals surface area contributed by atoms with E-state index in [0.717, 1.165) is 11.0 Å². The summed E-state index contributed by atoms with van der Waals surface area (Å²) in [5.74, 6) is -0.423. The Balaban J connectivity index is 1.56. The Hall–Kier alpha value is -2.78. The Bertz CT molecular complexity index is 1050. The average molecular weight is 420 g/mol. The van der Waals surface area contributed by atoms with Gasteiger partial charge >= 0.3 is 0 Å². The lowest BCUT2D eigenvalue weighted by Crippen LogP contribution is -2.26. The minimum Gasteiger partial charge on any atom is -0.356 e. The normalized spacial score (nSPS) is 11.2. The fourth-order valence-corrected chi connectivity index (χ4v) is 4.20. The van der Waals surface area contributed by atoms with Gasteiger partial charge in [-0.3, -0.25) is 9.52 Å². The number of hydrogen-bond donors (Lipinski definition) is 3. The molecule has 146 valence electrons. The number of benzene rings is 2. The molecule has 9 heteroatoms. The molecule has 28 heavy (non-hydrogen) atoms. The molecule has 1 aromatic heterocycles. The maximum absolute atomic E-state index is 13.7. The predicted octanol–water partition coefficient (Wildman–Crippen LogP) is 3.48. The smallest absolute Gasteiger partial charge is 0.267 e. The number of sulfonamides is 1. The van der Waals surface area contributed by atoms with Gasteiger partial charge < -0.3 is 10.3 Å². The molecular weight excluding hydrogens is 401 g/mol. The third-order valence-corrected chi connectivity index (χ3v) is 6.09. The van der Waals surface area contributed by atoms with Crippen molar-refractivity contribution in [2.45, 2.75) is 9.79 Å². The lowest BCUT2D eigenvalue weighted by Gasteiger charge is -2.07. The van der Waals surface area contributed by atoms with Gasteiger partial charge in [0.25, 0.3) is 15.9 Å². The van der Waals surface area contributed by atoms with Crippen LogP contribution in [0.15, 0.2) is 76.7 Å². The number of aromatic nitrogens is 1. The number of para-hydroxylation sites is 1. The second-order valence-electron chi connectivity index (χ2n) is 5.75. The van der Waals surface area contributed by atoms with Crippen molar-refractivity contribution in [2.24, 2.45) is 0 Å². The first-order valence-corrected chi connectivity index (χ1v) is 10.8. The summed E-state index contributed by atoms with van der Waals surface area (Å²) in [4.78, 5) is 15.8. The van der Waals surface area contributed by atoms with E-state index in [9.17, 15) is 17.6 Å². The van der Waals surface area contributed by atoms with E-state index >= 15 is 0 Å². The van der Waals surface area contributed by atoms with Gasteiger partial charge in [-0.25, -0.2) is 12.8 Å². The Morgan fingerprint density at radius 1 is 1.07 bits per heavy atom. The molecule has 0 unspecified atom stereocenters. The quantitative estimate of drug-likeness (QED) is 0.385. The molecule has 0 radical (unpaired) electrons. The number of nitrogens with one attached hydrogen (secondary N) is 3. The first kappa shape index (κ1) is 20.0. The van der Waals surface area contributed by atoms with Crippen LogP contribution >= 0.6 is 11.8 Å². The van der Waals surface area contributed by atoms with Gasteiger partial charge in [-0.2, -0.15) is 0 Å². The highest BCUT2D eigenvalue weighted by Gasteiger charge is 2.19. The SMILES string of the molecule is O=C(NCCSc1ccccc1)c1cc(S(=O)(=O)Nc2ccccc2F)c[nH]1. The van der Waals surface area contributed by atoms with E-state index in [2.05, 4.69) is 15.0 Å². The fraction of sp³-hybridized carbons (Fsp3) is 0.105. The third kappa shape index (κ3) is 5.14. The molecule has 3 aromatic rings. The molecule has 2 aromatic carbocycles. The Labute approximate surface area is 166 Å². The van der Waals surface area contributed by atoms with Gasteiger partial charge in [0.05, 0.1) is 5.69 Å². The molecule has 0 fully saturated rings. The summed E-state index contributed by atoms with van der Waals surface area (Å²) < 4.78 is 40.6. The van der Waals surface area contributed by atoms with E-state index < -0.39 is 21.7 Å². The number of thioether (sulfide) groups is 1. The summed E-state index contributed by atoms with van der Waals surface area (Å²) in [7, 11) is -4.02. The van der Waals surface area contributed by atoms with Crippen molar-refractivity contribution in [3.8, 4) is 0 Å². The molecule has 0 aliphatic rings. The number of H-pyrrole nitrogens is 1. The van der Waals surface area contributed by atoms with Gasteiger partial charge in [-0.15, -0.1) is 11.8 Å². The molecule has 0 saturated heterocycles. The van der Waals surface area contributed by atoms with Crippen molar-refractivity contribution >= 4 is 33.4 Å². The monoisotopic (exact) mass is 419 g/mol. The molecule has 1 amide bonds. The maximum atomic E-state index is 13.7. The summed E-state index contributed by atoms with van der Waals surface area (Å²) in [6, 6.07) is 16.4. The number of carbonyl (C=O) groups excluding carboxylic acids is 1. The topological polar surface area (TPSA) is 91.1 Å². The minimum atomic E-state index is -4.02. The van der Waals surface area contributed by atoms with Gasteiger partial charge in [0.1, 0.15) is 16.4 Å². The first-order valence-electron chi connectivity index (χ1n) is 8.37. The highest BCUT2D eigenvalue weighted by Crippen LogP contribution is 2.19. The average Bonchev–Trinajstić information content (AvgIpc) is 3.19. The molecular formula is C19H18FN3O3S2. The number of hydrogen-bond acceptors (Lipinski definition) is 4. The van der Waals surface area contributed by atoms with E-state index in [4.69, 9.17) is 0 Å². The Morgan fingerprint density at radius 2 is 1.79 bits per heavy atom. The summed E-state index contributed by atoms with van der Waals surface area (Å²) in [6.07, 6.45) is 1.19. The summed E-state index contributed by atoms with van der Waals surface area (Å²) in [5.41, 5.74) is -0.0498. The summed E-state index contributed by atoms with van der Waals surface area (Å²) in [5, 5.41) is 2.73. The van der Waals surface area contributed by atoms with Crippen molar-refractivity contribution in [3.05, 3.63) is 78.4 Å². The van der Waals surface area contributed by atoms with Crippen LogP contribution in [0.1, 0.15) is 10.5 Å². The predicted molar refractivity (Wildman–Crippen MR) is 108 cm³/mol. The molecule has 0 saturated carbocycles. The largest absolute Gasteiger partial charge is 0.356 e. The van der Waals surface area contributed by atoms with Gasteiger partial charge in [0.2, 0.25) is 0 Å². The number of rotatable bonds is 8. The Kier molecular flexibility index (Phi) is 6.37. The van der Waals surface area contributed by atoms with Crippen LogP contribution in [0.5, 0.6) is 0 Å². The second-order valence-corrected chi connectivity index (χ2v) is 8.60. The van der Waals surface area contributed by atoms with Crippen molar-refractivity contribution < 1.29 is 17.6 Å². The van der Waals surface area contributed by atoms with Crippen LogP contribution in [0.2, 0.25) is 0 Å². The van der Waals surface area contributed by atoms with Crippen molar-refractivity contribution in [2.75, 3.05) is 17.0 Å². The number of amides is 1. The van der Waals surface area contributed by atoms with Crippen molar-refractivity contribution in [1.29, 1.82) is 0 Å². The molecule has 3 rings (SSSR count). The van der Waals surface area contributed by atoms with Crippen LogP contribution in [0.4, 0.5) is 10.1 Å². The zero-order chi connectivity index (χ0) is 20.0. The lowest BCUT2D eigenvalue weighted by molar-refractivity contribution is 0.0952. The summed E-state index contributed by atoms with van der Waals surface area (Å²) in [6.45, 7) is 0.424. The minimum absolute atomic E-state index is 0.110.